The molecular weight excluding hydrogens is 396 g/mol. The Balaban J connectivity index is 1.60. The van der Waals surface area contributed by atoms with Gasteiger partial charge in [0.1, 0.15) is 6.61 Å². The van der Waals surface area contributed by atoms with E-state index in [2.05, 4.69) is 6.08 Å². The Morgan fingerprint density at radius 1 is 1.00 bits per heavy atom. The molecule has 1 aliphatic heterocycles. The maximum Gasteiger partial charge on any atom is 0.330 e. The first-order valence-electron chi connectivity index (χ1n) is 9.46. The lowest BCUT2D eigenvalue weighted by molar-refractivity contribution is -0.178. The zero-order valence-electron chi connectivity index (χ0n) is 15.9. The van der Waals surface area contributed by atoms with Crippen LogP contribution in [0.5, 0.6) is 0 Å². The van der Waals surface area contributed by atoms with Gasteiger partial charge < -0.3 is 14.2 Å². The summed E-state index contributed by atoms with van der Waals surface area (Å²) < 4.78 is 66.1. The third-order valence-corrected chi connectivity index (χ3v) is 5.70. The fraction of sp³-hybridized carbons (Fsp3) is 0.700. The Morgan fingerprint density at radius 2 is 1.61 bits per heavy atom. The van der Waals surface area contributed by atoms with Gasteiger partial charge in [-0.15, -0.1) is 0 Å². The van der Waals surface area contributed by atoms with Crippen LogP contribution >= 0.6 is 11.8 Å². The summed E-state index contributed by atoms with van der Waals surface area (Å²) in [7, 11) is 0. The average Bonchev–Trinajstić information content (AvgIpc) is 2.70. The largest absolute Gasteiger partial charge is 0.372 e. The monoisotopic (exact) mass is 424 g/mol. The minimum absolute atomic E-state index is 0.301. The van der Waals surface area contributed by atoms with Crippen LogP contribution in [-0.2, 0) is 14.2 Å². The minimum atomic E-state index is -4.07. The van der Waals surface area contributed by atoms with Gasteiger partial charge in [0.2, 0.25) is 0 Å². The topological polar surface area (TPSA) is 27.7 Å². The van der Waals surface area contributed by atoms with E-state index in [1.54, 1.807) is 11.8 Å². The highest BCUT2D eigenvalue weighted by molar-refractivity contribution is 7.99. The van der Waals surface area contributed by atoms with Crippen molar-refractivity contribution in [2.45, 2.75) is 55.7 Å². The van der Waals surface area contributed by atoms with E-state index in [0.717, 1.165) is 12.8 Å². The average molecular weight is 425 g/mol. The zero-order valence-corrected chi connectivity index (χ0v) is 16.8. The van der Waals surface area contributed by atoms with E-state index in [0.29, 0.717) is 37.2 Å². The van der Waals surface area contributed by atoms with Gasteiger partial charge in [-0.05, 0) is 43.9 Å². The Kier molecular flexibility index (Phi) is 10.0. The van der Waals surface area contributed by atoms with Crippen molar-refractivity contribution in [1.29, 1.82) is 0 Å². The molecule has 0 unspecified atom stereocenters. The summed E-state index contributed by atoms with van der Waals surface area (Å²) in [5, 5.41) is 0.393. The number of halogens is 4. The SMILES string of the molecule is CSC1COC(/C=C/C=C/C=C/C2CCC(OCC(F)(F)C(F)F)CC2)OC1. The molecule has 1 aliphatic carbocycles. The molecule has 0 aromatic carbocycles. The molecule has 1 saturated carbocycles. The van der Waals surface area contributed by atoms with Crippen LogP contribution in [0.4, 0.5) is 17.6 Å². The van der Waals surface area contributed by atoms with E-state index in [9.17, 15) is 17.6 Å². The Bertz CT molecular complexity index is 524. The molecule has 1 saturated heterocycles. The van der Waals surface area contributed by atoms with Gasteiger partial charge in [0, 0.05) is 0 Å². The normalized spacial score (nSPS) is 30.2. The Hall–Kier alpha value is -0.830. The molecule has 0 aromatic rings. The summed E-state index contributed by atoms with van der Waals surface area (Å²) >= 11 is 1.73. The van der Waals surface area contributed by atoms with E-state index in [4.69, 9.17) is 14.2 Å². The van der Waals surface area contributed by atoms with Crippen molar-refractivity contribution >= 4 is 11.8 Å². The molecule has 2 rings (SSSR count). The number of allylic oxidation sites excluding steroid dienone is 5. The third kappa shape index (κ3) is 8.27. The van der Waals surface area contributed by atoms with Crippen LogP contribution in [0.1, 0.15) is 25.7 Å². The van der Waals surface area contributed by atoms with Gasteiger partial charge in [0.25, 0.3) is 0 Å². The number of hydrogen-bond donors (Lipinski definition) is 0. The molecule has 2 fully saturated rings. The second-order valence-corrected chi connectivity index (χ2v) is 8.10. The molecular formula is C20H28F4O3S. The quantitative estimate of drug-likeness (QED) is 0.374. The summed E-state index contributed by atoms with van der Waals surface area (Å²) in [5.41, 5.74) is 0. The highest BCUT2D eigenvalue weighted by atomic mass is 32.2. The van der Waals surface area contributed by atoms with Crippen LogP contribution in [0, 0.1) is 5.92 Å². The summed E-state index contributed by atoms with van der Waals surface area (Å²) in [6.45, 7) is 0.162. The van der Waals surface area contributed by atoms with Gasteiger partial charge >= 0.3 is 12.3 Å². The predicted molar refractivity (Wildman–Crippen MR) is 103 cm³/mol. The van der Waals surface area contributed by atoms with E-state index in [-0.39, 0.29) is 12.4 Å². The van der Waals surface area contributed by atoms with Crippen LogP contribution < -0.4 is 0 Å². The lowest BCUT2D eigenvalue weighted by atomic mass is 9.87. The molecule has 1 heterocycles. The van der Waals surface area contributed by atoms with Gasteiger partial charge in [0.05, 0.1) is 24.6 Å². The van der Waals surface area contributed by atoms with Crippen LogP contribution in [0.2, 0.25) is 0 Å². The molecule has 8 heteroatoms. The van der Waals surface area contributed by atoms with Crippen molar-refractivity contribution in [3.63, 3.8) is 0 Å². The minimum Gasteiger partial charge on any atom is -0.372 e. The van der Waals surface area contributed by atoms with Gasteiger partial charge in [-0.3, -0.25) is 0 Å². The molecule has 0 aromatic heterocycles. The smallest absolute Gasteiger partial charge is 0.330 e. The van der Waals surface area contributed by atoms with Crippen LogP contribution in [0.15, 0.2) is 36.5 Å². The van der Waals surface area contributed by atoms with Crippen molar-refractivity contribution in [3.05, 3.63) is 36.5 Å². The van der Waals surface area contributed by atoms with Gasteiger partial charge in [0.15, 0.2) is 6.29 Å². The fourth-order valence-corrected chi connectivity index (χ4v) is 3.42. The van der Waals surface area contributed by atoms with Crippen LogP contribution in [0.25, 0.3) is 0 Å². The molecule has 0 radical (unpaired) electrons. The number of alkyl halides is 4. The van der Waals surface area contributed by atoms with Crippen molar-refractivity contribution in [2.75, 3.05) is 26.1 Å². The van der Waals surface area contributed by atoms with E-state index >= 15 is 0 Å². The molecule has 2 aliphatic rings. The van der Waals surface area contributed by atoms with Gasteiger partial charge in [-0.25, -0.2) is 8.78 Å². The second kappa shape index (κ2) is 12.0. The maximum absolute atomic E-state index is 12.9. The zero-order chi connectivity index (χ0) is 20.4. The number of ether oxygens (including phenoxy) is 3. The summed E-state index contributed by atoms with van der Waals surface area (Å²) in [5.74, 6) is -3.73. The van der Waals surface area contributed by atoms with Crippen LogP contribution in [-0.4, -0.2) is 56.1 Å². The molecule has 3 nitrogen and oxygen atoms in total. The first kappa shape index (κ1) is 23.4. The lowest BCUT2D eigenvalue weighted by Crippen LogP contribution is -2.35. The summed E-state index contributed by atoms with van der Waals surface area (Å²) in [6, 6.07) is 0. The van der Waals surface area contributed by atoms with Gasteiger partial charge in [-0.2, -0.15) is 20.5 Å². The molecule has 0 N–H and O–H groups in total. The van der Waals surface area contributed by atoms with Gasteiger partial charge in [-0.1, -0.05) is 30.4 Å². The molecule has 0 amide bonds. The van der Waals surface area contributed by atoms with Crippen molar-refractivity contribution in [3.8, 4) is 0 Å². The Morgan fingerprint density at radius 3 is 2.18 bits per heavy atom. The lowest BCUT2D eigenvalue weighted by Gasteiger charge is -2.28. The maximum atomic E-state index is 12.9. The highest BCUT2D eigenvalue weighted by Crippen LogP contribution is 2.30. The summed E-state index contributed by atoms with van der Waals surface area (Å²) in [4.78, 5) is 0. The molecule has 0 atom stereocenters. The van der Waals surface area contributed by atoms with E-state index in [1.807, 2.05) is 36.6 Å². The third-order valence-electron chi connectivity index (χ3n) is 4.76. The van der Waals surface area contributed by atoms with Crippen molar-refractivity contribution in [2.24, 2.45) is 5.92 Å². The Labute approximate surface area is 168 Å². The van der Waals surface area contributed by atoms with E-state index in [1.165, 1.54) is 0 Å². The fourth-order valence-electron chi connectivity index (χ4n) is 2.99. The van der Waals surface area contributed by atoms with E-state index < -0.39 is 19.0 Å². The first-order valence-corrected chi connectivity index (χ1v) is 10.7. The first-order chi connectivity index (χ1) is 13.4. The summed E-state index contributed by atoms with van der Waals surface area (Å²) in [6.07, 6.45) is 12.1. The highest BCUT2D eigenvalue weighted by Gasteiger charge is 2.41. The molecule has 160 valence electrons. The number of thioether (sulfide) groups is 1. The molecule has 0 bridgehead atoms. The number of rotatable bonds is 9. The van der Waals surface area contributed by atoms with Crippen LogP contribution in [0.3, 0.4) is 0 Å². The predicted octanol–water partition coefficient (Wildman–Crippen LogP) is 5.24. The molecule has 0 spiro atoms. The standard InChI is InChI=1S/C20H28F4O3S/c1-28-17-12-25-18(26-13-17)7-5-3-2-4-6-15-8-10-16(11-9-15)27-14-20(23,24)19(21)22/h2-7,15-19H,8-14H2,1H3/b3-2+,6-4+,7-5+. The van der Waals surface area contributed by atoms with Crippen molar-refractivity contribution in [1.82, 2.24) is 0 Å². The number of hydrogen-bond acceptors (Lipinski definition) is 4. The van der Waals surface area contributed by atoms with Crippen molar-refractivity contribution < 1.29 is 31.8 Å². The second-order valence-electron chi connectivity index (χ2n) is 6.96. The molecule has 28 heavy (non-hydrogen) atoms.